The second-order valence-electron chi connectivity index (χ2n) is 4.79. The van der Waals surface area contributed by atoms with Gasteiger partial charge in [-0.2, -0.15) is 0 Å². The van der Waals surface area contributed by atoms with Gasteiger partial charge in [0.05, 0.1) is 4.47 Å². The molecule has 1 unspecified atom stereocenters. The standard InChI is InChI=1S/C16H16BrF2N/c1-10-3-5-13(18)7-12(10)9-16(20-2)11-4-6-15(19)14(17)8-11/h3-8,16,20H,9H2,1-2H3. The van der Waals surface area contributed by atoms with Crippen LogP contribution < -0.4 is 5.32 Å². The average molecular weight is 340 g/mol. The molecule has 0 amide bonds. The highest BCUT2D eigenvalue weighted by atomic mass is 79.9. The fraction of sp³-hybridized carbons (Fsp3) is 0.250. The minimum atomic E-state index is -0.287. The molecule has 0 fully saturated rings. The van der Waals surface area contributed by atoms with Gasteiger partial charge in [0, 0.05) is 6.04 Å². The summed E-state index contributed by atoms with van der Waals surface area (Å²) in [5.74, 6) is -0.522. The summed E-state index contributed by atoms with van der Waals surface area (Å²) in [5, 5.41) is 3.19. The normalized spacial score (nSPS) is 12.4. The van der Waals surface area contributed by atoms with Crippen LogP contribution in [0.4, 0.5) is 8.78 Å². The highest BCUT2D eigenvalue weighted by molar-refractivity contribution is 9.10. The van der Waals surface area contributed by atoms with Crippen LogP contribution >= 0.6 is 15.9 Å². The number of halogens is 3. The Kier molecular flexibility index (Phi) is 4.89. The van der Waals surface area contributed by atoms with Crippen LogP contribution in [0.1, 0.15) is 22.7 Å². The van der Waals surface area contributed by atoms with Gasteiger partial charge in [-0.3, -0.25) is 0 Å². The van der Waals surface area contributed by atoms with E-state index in [1.807, 2.05) is 14.0 Å². The van der Waals surface area contributed by atoms with Gasteiger partial charge in [-0.1, -0.05) is 12.1 Å². The molecule has 0 bridgehead atoms. The van der Waals surface area contributed by atoms with Crippen molar-refractivity contribution in [3.63, 3.8) is 0 Å². The molecule has 2 aromatic rings. The van der Waals surface area contributed by atoms with Crippen molar-refractivity contribution < 1.29 is 8.78 Å². The number of rotatable bonds is 4. The SMILES string of the molecule is CNC(Cc1cc(F)ccc1C)c1ccc(F)c(Br)c1. The monoisotopic (exact) mass is 339 g/mol. The van der Waals surface area contributed by atoms with Gasteiger partial charge in [-0.15, -0.1) is 0 Å². The smallest absolute Gasteiger partial charge is 0.137 e. The van der Waals surface area contributed by atoms with E-state index in [1.165, 1.54) is 12.1 Å². The van der Waals surface area contributed by atoms with E-state index in [2.05, 4.69) is 21.2 Å². The molecule has 2 aromatic carbocycles. The van der Waals surface area contributed by atoms with Gasteiger partial charge in [0.1, 0.15) is 11.6 Å². The summed E-state index contributed by atoms with van der Waals surface area (Å²) in [4.78, 5) is 0. The molecule has 0 aliphatic carbocycles. The highest BCUT2D eigenvalue weighted by Crippen LogP contribution is 2.25. The molecule has 1 N–H and O–H groups in total. The maximum Gasteiger partial charge on any atom is 0.137 e. The number of hydrogen-bond donors (Lipinski definition) is 1. The first-order chi connectivity index (χ1) is 9.51. The largest absolute Gasteiger partial charge is 0.313 e. The molecule has 0 heterocycles. The molecule has 0 radical (unpaired) electrons. The number of nitrogens with one attached hydrogen (secondary N) is 1. The molecule has 0 saturated heterocycles. The zero-order valence-corrected chi connectivity index (χ0v) is 13.0. The molecular formula is C16H16BrF2N. The summed E-state index contributed by atoms with van der Waals surface area (Å²) in [6, 6.07) is 9.73. The van der Waals surface area contributed by atoms with E-state index in [1.54, 1.807) is 24.3 Å². The summed E-state index contributed by atoms with van der Waals surface area (Å²) >= 11 is 3.19. The maximum absolute atomic E-state index is 13.3. The van der Waals surface area contributed by atoms with E-state index < -0.39 is 0 Å². The first-order valence-electron chi connectivity index (χ1n) is 6.38. The van der Waals surface area contributed by atoms with E-state index in [0.29, 0.717) is 10.9 Å². The van der Waals surface area contributed by atoms with E-state index in [-0.39, 0.29) is 17.7 Å². The van der Waals surface area contributed by atoms with Crippen LogP contribution in [-0.4, -0.2) is 7.05 Å². The van der Waals surface area contributed by atoms with Crippen LogP contribution in [0.2, 0.25) is 0 Å². The Morgan fingerprint density at radius 3 is 2.55 bits per heavy atom. The van der Waals surface area contributed by atoms with E-state index in [4.69, 9.17) is 0 Å². The first-order valence-corrected chi connectivity index (χ1v) is 7.18. The summed E-state index contributed by atoms with van der Waals surface area (Å²) in [5.41, 5.74) is 2.96. The number of aryl methyl sites for hydroxylation is 1. The Hall–Kier alpha value is -1.26. The molecule has 1 atom stereocenters. The lowest BCUT2D eigenvalue weighted by molar-refractivity contribution is 0.577. The van der Waals surface area contributed by atoms with Crippen LogP contribution in [-0.2, 0) is 6.42 Å². The lowest BCUT2D eigenvalue weighted by atomic mass is 9.96. The van der Waals surface area contributed by atoms with Crippen molar-refractivity contribution in [3.05, 3.63) is 69.2 Å². The minimum absolute atomic E-state index is 0.00685. The van der Waals surface area contributed by atoms with Crippen molar-refractivity contribution in [2.24, 2.45) is 0 Å². The Morgan fingerprint density at radius 1 is 1.15 bits per heavy atom. The number of hydrogen-bond acceptors (Lipinski definition) is 1. The fourth-order valence-corrected chi connectivity index (χ4v) is 2.59. The van der Waals surface area contributed by atoms with E-state index in [0.717, 1.165) is 16.7 Å². The van der Waals surface area contributed by atoms with Crippen LogP contribution in [0.25, 0.3) is 0 Å². The average Bonchev–Trinajstić information content (AvgIpc) is 2.43. The van der Waals surface area contributed by atoms with Gasteiger partial charge in [0.15, 0.2) is 0 Å². The second kappa shape index (κ2) is 6.46. The molecule has 0 aliphatic rings. The highest BCUT2D eigenvalue weighted by Gasteiger charge is 2.13. The predicted octanol–water partition coefficient (Wildman–Crippen LogP) is 4.54. The first kappa shape index (κ1) is 15.1. The minimum Gasteiger partial charge on any atom is -0.313 e. The topological polar surface area (TPSA) is 12.0 Å². The summed E-state index contributed by atoms with van der Waals surface area (Å²) < 4.78 is 27.1. The maximum atomic E-state index is 13.3. The summed E-state index contributed by atoms with van der Waals surface area (Å²) in [7, 11) is 1.84. The van der Waals surface area contributed by atoms with Gasteiger partial charge in [-0.05, 0) is 77.3 Å². The zero-order chi connectivity index (χ0) is 14.7. The van der Waals surface area contributed by atoms with Crippen molar-refractivity contribution >= 4 is 15.9 Å². The predicted molar refractivity (Wildman–Crippen MR) is 80.7 cm³/mol. The molecule has 1 nitrogen and oxygen atoms in total. The second-order valence-corrected chi connectivity index (χ2v) is 5.64. The zero-order valence-electron chi connectivity index (χ0n) is 11.4. The van der Waals surface area contributed by atoms with Crippen LogP contribution in [0.5, 0.6) is 0 Å². The Morgan fingerprint density at radius 2 is 1.90 bits per heavy atom. The van der Waals surface area contributed by atoms with Crippen molar-refractivity contribution in [2.45, 2.75) is 19.4 Å². The Labute approximate surface area is 126 Å². The Bertz CT molecular complexity index is 613. The fourth-order valence-electron chi connectivity index (χ4n) is 2.20. The molecule has 106 valence electrons. The van der Waals surface area contributed by atoms with Gasteiger partial charge < -0.3 is 5.32 Å². The van der Waals surface area contributed by atoms with Crippen molar-refractivity contribution in [2.75, 3.05) is 7.05 Å². The van der Waals surface area contributed by atoms with Gasteiger partial charge in [-0.25, -0.2) is 8.78 Å². The third kappa shape index (κ3) is 3.44. The quantitative estimate of drug-likeness (QED) is 0.862. The third-order valence-corrected chi connectivity index (χ3v) is 4.04. The van der Waals surface area contributed by atoms with Crippen molar-refractivity contribution in [3.8, 4) is 0 Å². The Balaban J connectivity index is 2.28. The van der Waals surface area contributed by atoms with Crippen molar-refractivity contribution in [1.29, 1.82) is 0 Å². The van der Waals surface area contributed by atoms with Gasteiger partial charge in [0.25, 0.3) is 0 Å². The molecule has 4 heteroatoms. The third-order valence-electron chi connectivity index (χ3n) is 3.43. The van der Waals surface area contributed by atoms with E-state index in [9.17, 15) is 8.78 Å². The number of benzene rings is 2. The summed E-state index contributed by atoms with van der Waals surface area (Å²) in [6.07, 6.45) is 0.651. The molecule has 2 rings (SSSR count). The molecule has 0 spiro atoms. The number of likely N-dealkylation sites (N-methyl/N-ethyl adjacent to an activating group) is 1. The van der Waals surface area contributed by atoms with Gasteiger partial charge >= 0.3 is 0 Å². The molecule has 20 heavy (non-hydrogen) atoms. The lowest BCUT2D eigenvalue weighted by Crippen LogP contribution is -2.19. The van der Waals surface area contributed by atoms with Crippen LogP contribution in [0.3, 0.4) is 0 Å². The van der Waals surface area contributed by atoms with Crippen LogP contribution in [0, 0.1) is 18.6 Å². The molecule has 0 aromatic heterocycles. The van der Waals surface area contributed by atoms with Gasteiger partial charge in [0.2, 0.25) is 0 Å². The molecular weight excluding hydrogens is 324 g/mol. The van der Waals surface area contributed by atoms with Crippen LogP contribution in [0.15, 0.2) is 40.9 Å². The summed E-state index contributed by atoms with van der Waals surface area (Å²) in [6.45, 7) is 1.96. The lowest BCUT2D eigenvalue weighted by Gasteiger charge is -2.18. The van der Waals surface area contributed by atoms with Crippen molar-refractivity contribution in [1.82, 2.24) is 5.32 Å². The molecule has 0 aliphatic heterocycles. The van der Waals surface area contributed by atoms with E-state index >= 15 is 0 Å². The molecule has 0 saturated carbocycles.